The van der Waals surface area contributed by atoms with E-state index in [2.05, 4.69) is 17.2 Å². The highest BCUT2D eigenvalue weighted by Gasteiger charge is 2.17. The minimum absolute atomic E-state index is 0.00491. The van der Waals surface area contributed by atoms with Gasteiger partial charge in [-0.2, -0.15) is 0 Å². The van der Waals surface area contributed by atoms with E-state index in [1.54, 1.807) is 24.4 Å². The van der Waals surface area contributed by atoms with Gasteiger partial charge in [0.05, 0.1) is 10.7 Å². The van der Waals surface area contributed by atoms with Gasteiger partial charge < -0.3 is 10.3 Å². The van der Waals surface area contributed by atoms with Crippen LogP contribution in [0.15, 0.2) is 29.2 Å². The summed E-state index contributed by atoms with van der Waals surface area (Å²) < 4.78 is 0. The average Bonchev–Trinajstić information content (AvgIpc) is 2.53. The molecule has 0 saturated carbocycles. The second-order valence-electron chi connectivity index (χ2n) is 5.82. The predicted octanol–water partition coefficient (Wildman–Crippen LogP) is 4.73. The van der Waals surface area contributed by atoms with E-state index in [0.717, 1.165) is 37.5 Å². The summed E-state index contributed by atoms with van der Waals surface area (Å²) in [5.41, 5.74) is 0.372. The largest absolute Gasteiger partial charge is 0.329 e. The van der Waals surface area contributed by atoms with Crippen molar-refractivity contribution in [1.29, 1.82) is 0 Å². The number of hydrogen-bond donors (Lipinski definition) is 2. The summed E-state index contributed by atoms with van der Waals surface area (Å²) in [4.78, 5) is 26.8. The number of nitrogens with one attached hydrogen (secondary N) is 2. The second kappa shape index (κ2) is 8.16. The predicted molar refractivity (Wildman–Crippen MR) is 96.1 cm³/mol. The smallest absolute Gasteiger partial charge is 0.255 e. The summed E-state index contributed by atoms with van der Waals surface area (Å²) in [6.07, 6.45) is 6.63. The Morgan fingerprint density at radius 2 is 2.09 bits per heavy atom. The molecule has 1 amide bonds. The van der Waals surface area contributed by atoms with Gasteiger partial charge in [-0.15, -0.1) is 0 Å². The molecule has 0 aliphatic carbocycles. The van der Waals surface area contributed by atoms with Crippen molar-refractivity contribution in [2.24, 2.45) is 5.92 Å². The summed E-state index contributed by atoms with van der Waals surface area (Å²) in [6.45, 7) is 4.18. The van der Waals surface area contributed by atoms with Gasteiger partial charge in [0.1, 0.15) is 0 Å². The number of amides is 1. The summed E-state index contributed by atoms with van der Waals surface area (Å²) in [7, 11) is 0. The van der Waals surface area contributed by atoms with E-state index in [-0.39, 0.29) is 17.4 Å². The van der Waals surface area contributed by atoms with E-state index in [0.29, 0.717) is 16.1 Å². The van der Waals surface area contributed by atoms with Crippen molar-refractivity contribution < 1.29 is 4.79 Å². The Hall–Kier alpha value is -1.81. The number of rotatable bonds is 7. The van der Waals surface area contributed by atoms with Gasteiger partial charge in [0, 0.05) is 17.5 Å². The number of aromatic nitrogens is 1. The third-order valence-corrected chi connectivity index (χ3v) is 4.45. The number of carbonyl (C=O) groups excluding carboxylic acids is 1. The van der Waals surface area contributed by atoms with Gasteiger partial charge in [0.15, 0.2) is 0 Å². The molecule has 0 fully saturated rings. The van der Waals surface area contributed by atoms with Crippen LogP contribution in [0.4, 0.5) is 5.69 Å². The average molecular weight is 335 g/mol. The number of aromatic amines is 1. The second-order valence-corrected chi connectivity index (χ2v) is 6.22. The van der Waals surface area contributed by atoms with Gasteiger partial charge >= 0.3 is 0 Å². The molecule has 2 N–H and O–H groups in total. The highest BCUT2D eigenvalue weighted by atomic mass is 35.5. The summed E-state index contributed by atoms with van der Waals surface area (Å²) in [5.74, 6) is -0.0119. The zero-order valence-corrected chi connectivity index (χ0v) is 14.4. The van der Waals surface area contributed by atoms with Gasteiger partial charge in [-0.1, -0.05) is 44.7 Å². The molecule has 0 saturated heterocycles. The van der Waals surface area contributed by atoms with Crippen LogP contribution in [0.25, 0.3) is 10.8 Å². The van der Waals surface area contributed by atoms with Crippen molar-refractivity contribution in [3.05, 3.63) is 39.8 Å². The van der Waals surface area contributed by atoms with E-state index < -0.39 is 0 Å². The third kappa shape index (κ3) is 4.35. The SMILES string of the molecule is CCCCCC(CC)C(=O)Nc1cc2cc[nH]c(=O)c2cc1Cl. The molecule has 2 aromatic rings. The fourth-order valence-corrected chi connectivity index (χ4v) is 2.91. The van der Waals surface area contributed by atoms with Crippen LogP contribution in [0.1, 0.15) is 46.0 Å². The van der Waals surface area contributed by atoms with Crippen LogP contribution in [-0.4, -0.2) is 10.9 Å². The van der Waals surface area contributed by atoms with E-state index in [1.807, 2.05) is 6.92 Å². The molecule has 1 aromatic heterocycles. The highest BCUT2D eigenvalue weighted by molar-refractivity contribution is 6.34. The summed E-state index contributed by atoms with van der Waals surface area (Å²) in [6, 6.07) is 5.15. The fourth-order valence-electron chi connectivity index (χ4n) is 2.70. The maximum absolute atomic E-state index is 12.5. The molecule has 0 aliphatic heterocycles. The number of benzene rings is 1. The Morgan fingerprint density at radius 3 is 2.78 bits per heavy atom. The summed E-state index contributed by atoms with van der Waals surface area (Å²) in [5, 5.41) is 4.57. The molecule has 2 rings (SSSR count). The number of anilines is 1. The first-order chi connectivity index (χ1) is 11.1. The van der Waals surface area contributed by atoms with Crippen LogP contribution in [0.5, 0.6) is 0 Å². The summed E-state index contributed by atoms with van der Waals surface area (Å²) >= 11 is 6.23. The molecule has 1 unspecified atom stereocenters. The van der Waals surface area contributed by atoms with Crippen molar-refractivity contribution in [3.63, 3.8) is 0 Å². The molecule has 0 spiro atoms. The lowest BCUT2D eigenvalue weighted by Crippen LogP contribution is -2.22. The molecule has 23 heavy (non-hydrogen) atoms. The van der Waals surface area contributed by atoms with E-state index in [1.165, 1.54) is 0 Å². The van der Waals surface area contributed by atoms with Crippen LogP contribution in [0, 0.1) is 5.92 Å². The molecule has 0 radical (unpaired) electrons. The monoisotopic (exact) mass is 334 g/mol. The molecular formula is C18H23ClN2O2. The minimum Gasteiger partial charge on any atom is -0.329 e. The van der Waals surface area contributed by atoms with Crippen LogP contribution in [0.3, 0.4) is 0 Å². The van der Waals surface area contributed by atoms with E-state index in [9.17, 15) is 9.59 Å². The van der Waals surface area contributed by atoms with Crippen molar-refractivity contribution in [3.8, 4) is 0 Å². The van der Waals surface area contributed by atoms with Gasteiger partial charge in [0.25, 0.3) is 5.56 Å². The molecule has 0 bridgehead atoms. The highest BCUT2D eigenvalue weighted by Crippen LogP contribution is 2.27. The maximum atomic E-state index is 12.5. The molecule has 4 nitrogen and oxygen atoms in total. The Labute approximate surface area is 141 Å². The van der Waals surface area contributed by atoms with Crippen LogP contribution in [-0.2, 0) is 4.79 Å². The topological polar surface area (TPSA) is 62.0 Å². The van der Waals surface area contributed by atoms with E-state index >= 15 is 0 Å². The van der Waals surface area contributed by atoms with Crippen molar-refractivity contribution in [1.82, 2.24) is 4.98 Å². The fraction of sp³-hybridized carbons (Fsp3) is 0.444. The zero-order valence-electron chi connectivity index (χ0n) is 13.6. The van der Waals surface area contributed by atoms with Crippen molar-refractivity contribution in [2.75, 3.05) is 5.32 Å². The number of hydrogen-bond acceptors (Lipinski definition) is 2. The number of H-pyrrole nitrogens is 1. The van der Waals surface area contributed by atoms with Crippen LogP contribution >= 0.6 is 11.6 Å². The van der Waals surface area contributed by atoms with Crippen molar-refractivity contribution in [2.45, 2.75) is 46.0 Å². The number of carbonyl (C=O) groups is 1. The normalized spacial score (nSPS) is 12.3. The molecular weight excluding hydrogens is 312 g/mol. The van der Waals surface area contributed by atoms with Gasteiger partial charge in [-0.3, -0.25) is 9.59 Å². The number of pyridine rings is 1. The third-order valence-electron chi connectivity index (χ3n) is 4.14. The lowest BCUT2D eigenvalue weighted by molar-refractivity contribution is -0.120. The minimum atomic E-state index is -0.187. The maximum Gasteiger partial charge on any atom is 0.255 e. The lowest BCUT2D eigenvalue weighted by Gasteiger charge is -2.16. The quantitative estimate of drug-likeness (QED) is 0.719. The van der Waals surface area contributed by atoms with Gasteiger partial charge in [0.2, 0.25) is 5.91 Å². The van der Waals surface area contributed by atoms with Gasteiger partial charge in [-0.25, -0.2) is 0 Å². The van der Waals surface area contributed by atoms with E-state index in [4.69, 9.17) is 11.6 Å². The number of unbranched alkanes of at least 4 members (excludes halogenated alkanes) is 2. The number of fused-ring (bicyclic) bond motifs is 1. The molecule has 5 heteroatoms. The Balaban J connectivity index is 2.18. The van der Waals surface area contributed by atoms with Crippen LogP contribution in [0.2, 0.25) is 5.02 Å². The lowest BCUT2D eigenvalue weighted by atomic mass is 9.97. The standard InChI is InChI=1S/C18H23ClN2O2/c1-3-5-6-7-12(4-2)17(22)21-16-10-13-8-9-20-18(23)14(13)11-15(16)19/h8-12H,3-7H2,1-2H3,(H,20,23)(H,21,22). The Kier molecular flexibility index (Phi) is 6.22. The molecule has 1 aromatic carbocycles. The number of halogens is 1. The molecule has 1 atom stereocenters. The van der Waals surface area contributed by atoms with Gasteiger partial charge in [-0.05, 0) is 36.4 Å². The van der Waals surface area contributed by atoms with Crippen LogP contribution < -0.4 is 10.9 Å². The first kappa shape index (κ1) is 17.5. The molecule has 0 aliphatic rings. The first-order valence-corrected chi connectivity index (χ1v) is 8.56. The Bertz CT molecular complexity index is 739. The first-order valence-electron chi connectivity index (χ1n) is 8.18. The molecule has 1 heterocycles. The Morgan fingerprint density at radius 1 is 1.30 bits per heavy atom. The zero-order chi connectivity index (χ0) is 16.8. The molecule has 124 valence electrons. The van der Waals surface area contributed by atoms with Crippen molar-refractivity contribution >= 4 is 34.0 Å².